The van der Waals surface area contributed by atoms with Gasteiger partial charge in [0, 0.05) is 25.0 Å². The molecule has 2 aliphatic heterocycles. The minimum atomic E-state index is -0.403. The van der Waals surface area contributed by atoms with Gasteiger partial charge in [-0.25, -0.2) is 0 Å². The van der Waals surface area contributed by atoms with Crippen molar-refractivity contribution in [3.8, 4) is 5.75 Å². The summed E-state index contributed by atoms with van der Waals surface area (Å²) in [6.45, 7) is 1.26. The molecule has 0 aliphatic carbocycles. The maximum atomic E-state index is 12.7. The Hall–Kier alpha value is -2.92. The molecule has 2 aromatic rings. The van der Waals surface area contributed by atoms with Crippen LogP contribution in [0.1, 0.15) is 35.4 Å². The van der Waals surface area contributed by atoms with E-state index in [0.29, 0.717) is 40.9 Å². The van der Waals surface area contributed by atoms with E-state index in [0.717, 1.165) is 19.4 Å². The topological polar surface area (TPSA) is 138 Å². The number of ether oxygens (including phenoxy) is 2. The number of benzene rings is 1. The largest absolute Gasteiger partial charge is 0.482 e. The maximum Gasteiger partial charge on any atom is 0.262 e. The van der Waals surface area contributed by atoms with E-state index in [-0.39, 0.29) is 36.6 Å². The first kappa shape index (κ1) is 21.3. The van der Waals surface area contributed by atoms with Crippen molar-refractivity contribution in [1.29, 1.82) is 0 Å². The van der Waals surface area contributed by atoms with Crippen molar-refractivity contribution in [3.05, 3.63) is 29.6 Å². The quantitative estimate of drug-likeness (QED) is 0.433. The zero-order chi connectivity index (χ0) is 21.8. The first-order valence-corrected chi connectivity index (χ1v) is 11.0. The summed E-state index contributed by atoms with van der Waals surface area (Å²) < 4.78 is 13.0. The molecule has 1 atom stereocenters. The molecule has 0 bridgehead atoms. The van der Waals surface area contributed by atoms with Crippen molar-refractivity contribution in [2.75, 3.05) is 24.3 Å². The van der Waals surface area contributed by atoms with E-state index in [2.05, 4.69) is 15.5 Å². The first-order valence-electron chi connectivity index (χ1n) is 10.0. The van der Waals surface area contributed by atoms with Gasteiger partial charge in [0.05, 0.1) is 24.1 Å². The molecule has 0 spiro atoms. The van der Waals surface area contributed by atoms with Crippen molar-refractivity contribution < 1.29 is 23.9 Å². The summed E-state index contributed by atoms with van der Waals surface area (Å²) in [5.41, 5.74) is 6.23. The molecule has 0 radical (unpaired) electrons. The number of aryl methyl sites for hydroxylation is 1. The second kappa shape index (κ2) is 9.48. The van der Waals surface area contributed by atoms with Crippen LogP contribution in [0, 0.1) is 0 Å². The van der Waals surface area contributed by atoms with E-state index in [1.807, 2.05) is 4.57 Å². The Bertz CT molecular complexity index is 1000. The number of fused-ring (bicyclic) bond motifs is 1. The van der Waals surface area contributed by atoms with Gasteiger partial charge in [-0.1, -0.05) is 11.8 Å². The van der Waals surface area contributed by atoms with Crippen molar-refractivity contribution in [3.63, 3.8) is 0 Å². The van der Waals surface area contributed by atoms with E-state index < -0.39 is 5.91 Å². The Kier molecular flexibility index (Phi) is 6.52. The SMILES string of the molecule is NC(=O)CCc1nnc(SCC(=O)c2ccc3c(c2)NC(=O)CO3)n1CC1CCCO1. The molecule has 1 saturated heterocycles. The van der Waals surface area contributed by atoms with Crippen molar-refractivity contribution >= 4 is 35.0 Å². The van der Waals surface area contributed by atoms with Crippen LogP contribution in [-0.4, -0.2) is 57.4 Å². The number of amides is 2. The number of ketones is 1. The zero-order valence-corrected chi connectivity index (χ0v) is 17.7. The molecule has 1 fully saturated rings. The molecule has 11 heteroatoms. The van der Waals surface area contributed by atoms with Gasteiger partial charge in [-0.3, -0.25) is 14.4 Å². The normalized spacial score (nSPS) is 17.7. The molecule has 0 saturated carbocycles. The van der Waals surface area contributed by atoms with Crippen molar-refractivity contribution in [2.45, 2.75) is 43.5 Å². The number of nitrogens with one attached hydrogen (secondary N) is 1. The number of primary amides is 1. The Labute approximate surface area is 182 Å². The lowest BCUT2D eigenvalue weighted by molar-refractivity contribution is -0.119. The van der Waals surface area contributed by atoms with E-state index in [4.69, 9.17) is 15.2 Å². The Morgan fingerprint density at radius 2 is 2.19 bits per heavy atom. The van der Waals surface area contributed by atoms with E-state index in [1.54, 1.807) is 18.2 Å². The van der Waals surface area contributed by atoms with E-state index >= 15 is 0 Å². The summed E-state index contributed by atoms with van der Waals surface area (Å²) in [5.74, 6) is 0.569. The second-order valence-corrected chi connectivity index (χ2v) is 8.31. The van der Waals surface area contributed by atoms with Gasteiger partial charge in [-0.2, -0.15) is 0 Å². The average molecular weight is 446 g/mol. The summed E-state index contributed by atoms with van der Waals surface area (Å²) >= 11 is 1.28. The third-order valence-electron chi connectivity index (χ3n) is 5.07. The van der Waals surface area contributed by atoms with Crippen molar-refractivity contribution in [1.82, 2.24) is 14.8 Å². The molecule has 2 aliphatic rings. The summed E-state index contributed by atoms with van der Waals surface area (Å²) in [6.07, 6.45) is 2.56. The molecule has 164 valence electrons. The molecule has 1 aromatic carbocycles. The van der Waals surface area contributed by atoms with E-state index in [9.17, 15) is 14.4 Å². The van der Waals surface area contributed by atoms with Crippen LogP contribution in [0.25, 0.3) is 0 Å². The summed E-state index contributed by atoms with van der Waals surface area (Å²) in [4.78, 5) is 35.4. The van der Waals surface area contributed by atoms with E-state index in [1.165, 1.54) is 11.8 Å². The molecular weight excluding hydrogens is 422 g/mol. The highest BCUT2D eigenvalue weighted by molar-refractivity contribution is 7.99. The molecule has 1 unspecified atom stereocenters. The van der Waals surface area contributed by atoms with Gasteiger partial charge in [0.1, 0.15) is 11.6 Å². The van der Waals surface area contributed by atoms with Gasteiger partial charge in [-0.05, 0) is 31.0 Å². The zero-order valence-electron chi connectivity index (χ0n) is 16.8. The molecule has 31 heavy (non-hydrogen) atoms. The molecular formula is C20H23N5O5S. The number of thioether (sulfide) groups is 1. The third-order valence-corrected chi connectivity index (χ3v) is 6.03. The predicted octanol–water partition coefficient (Wildman–Crippen LogP) is 1.18. The molecule has 10 nitrogen and oxygen atoms in total. The number of hydrogen-bond donors (Lipinski definition) is 2. The van der Waals surface area contributed by atoms with Gasteiger partial charge >= 0.3 is 0 Å². The number of carbonyl (C=O) groups excluding carboxylic acids is 3. The number of carbonyl (C=O) groups is 3. The second-order valence-electron chi connectivity index (χ2n) is 7.37. The summed E-state index contributed by atoms with van der Waals surface area (Å²) in [7, 11) is 0. The molecule has 4 rings (SSSR count). The fourth-order valence-corrected chi connectivity index (χ4v) is 4.35. The van der Waals surface area contributed by atoms with Crippen LogP contribution < -0.4 is 15.8 Å². The van der Waals surface area contributed by atoms with Gasteiger partial charge in [0.25, 0.3) is 5.91 Å². The van der Waals surface area contributed by atoms with Crippen LogP contribution in [0.2, 0.25) is 0 Å². The fraction of sp³-hybridized carbons (Fsp3) is 0.450. The fourth-order valence-electron chi connectivity index (χ4n) is 3.49. The number of rotatable bonds is 9. The number of nitrogens with two attached hydrogens (primary N) is 1. The highest BCUT2D eigenvalue weighted by Gasteiger charge is 2.23. The maximum absolute atomic E-state index is 12.7. The number of hydrogen-bond acceptors (Lipinski definition) is 8. The Balaban J connectivity index is 1.45. The molecule has 3 N–H and O–H groups in total. The number of anilines is 1. The summed E-state index contributed by atoms with van der Waals surface area (Å²) in [5, 5.41) is 11.7. The van der Waals surface area contributed by atoms with Crippen LogP contribution in [0.5, 0.6) is 5.75 Å². The highest BCUT2D eigenvalue weighted by atomic mass is 32.2. The number of Topliss-reactive ketones (excluding diaryl/α,β-unsaturated/α-hetero) is 1. The minimum absolute atomic E-state index is 0.0331. The Morgan fingerprint density at radius 3 is 2.97 bits per heavy atom. The van der Waals surface area contributed by atoms with Crippen LogP contribution in [0.4, 0.5) is 5.69 Å². The highest BCUT2D eigenvalue weighted by Crippen LogP contribution is 2.29. The molecule has 2 amide bonds. The van der Waals surface area contributed by atoms with Crippen molar-refractivity contribution in [2.24, 2.45) is 5.73 Å². The summed E-state index contributed by atoms with van der Waals surface area (Å²) in [6, 6.07) is 4.97. The lowest BCUT2D eigenvalue weighted by atomic mass is 10.1. The average Bonchev–Trinajstić information content (AvgIpc) is 3.40. The third kappa shape index (κ3) is 5.23. The van der Waals surface area contributed by atoms with Gasteiger partial charge in [-0.15, -0.1) is 10.2 Å². The molecule has 3 heterocycles. The molecule has 1 aromatic heterocycles. The monoisotopic (exact) mass is 445 g/mol. The van der Waals surface area contributed by atoms with Crippen LogP contribution >= 0.6 is 11.8 Å². The van der Waals surface area contributed by atoms with Crippen LogP contribution in [-0.2, 0) is 27.3 Å². The first-order chi connectivity index (χ1) is 15.0. The lowest BCUT2D eigenvalue weighted by Gasteiger charge is -2.18. The number of aromatic nitrogens is 3. The van der Waals surface area contributed by atoms with Gasteiger partial charge in [0.2, 0.25) is 5.91 Å². The van der Waals surface area contributed by atoms with Crippen LogP contribution in [0.15, 0.2) is 23.4 Å². The number of nitrogens with zero attached hydrogens (tertiary/aromatic N) is 3. The van der Waals surface area contributed by atoms with Crippen LogP contribution in [0.3, 0.4) is 0 Å². The Morgan fingerprint density at radius 1 is 1.32 bits per heavy atom. The van der Waals surface area contributed by atoms with Gasteiger partial charge in [0.15, 0.2) is 17.5 Å². The smallest absolute Gasteiger partial charge is 0.262 e. The minimum Gasteiger partial charge on any atom is -0.482 e. The lowest BCUT2D eigenvalue weighted by Crippen LogP contribution is -2.25. The predicted molar refractivity (Wildman–Crippen MR) is 112 cm³/mol. The van der Waals surface area contributed by atoms with Gasteiger partial charge < -0.3 is 25.1 Å². The standard InChI is InChI=1S/C20H23N5O5S/c21-17(27)5-6-18-23-24-20(25(18)9-13-2-1-7-29-13)31-11-15(26)12-3-4-16-14(8-12)22-19(28)10-30-16/h3-4,8,13H,1-2,5-7,9-11H2,(H2,21,27)(H,22,28).